The van der Waals surface area contributed by atoms with E-state index in [0.717, 1.165) is 32.1 Å². The molecular weight excluding hydrogens is 700 g/mol. The lowest BCUT2D eigenvalue weighted by atomic mass is 9.88. The van der Waals surface area contributed by atoms with Crippen LogP contribution in [-0.2, 0) is 62.0 Å². The zero-order valence-corrected chi connectivity index (χ0v) is 34.0. The second-order valence-corrected chi connectivity index (χ2v) is 15.6. The number of Topliss-reactive ketones (excluding diaryl/α,β-unsaturated/α-hetero) is 3. The molecule has 0 aliphatic carbocycles. The first-order valence-electron chi connectivity index (χ1n) is 19.8. The molecule has 54 heavy (non-hydrogen) atoms. The number of hydrogen-bond acceptors (Lipinski definition) is 13. The smallest absolute Gasteiger partial charge is 0.306 e. The molecule has 0 saturated carbocycles. The van der Waals surface area contributed by atoms with Crippen LogP contribution in [0.5, 0.6) is 0 Å². The Morgan fingerprint density at radius 3 is 0.926 bits per heavy atom. The van der Waals surface area contributed by atoms with Gasteiger partial charge in [0.1, 0.15) is 30.6 Å². The summed E-state index contributed by atoms with van der Waals surface area (Å²) in [6, 6.07) is 0. The highest BCUT2D eigenvalue weighted by molar-refractivity contribution is 5.87. The maximum absolute atomic E-state index is 12.1. The molecule has 0 N–H and O–H groups in total. The first-order chi connectivity index (χ1) is 25.4. The van der Waals surface area contributed by atoms with Crippen molar-refractivity contribution >= 4 is 47.2 Å². The normalized spacial score (nSPS) is 11.4. The van der Waals surface area contributed by atoms with Crippen LogP contribution in [0.25, 0.3) is 0 Å². The Bertz CT molecular complexity index is 1070. The molecule has 0 amide bonds. The highest BCUT2D eigenvalue weighted by Crippen LogP contribution is 2.19. The molecule has 0 aliphatic rings. The SMILES string of the molecule is CC(C)(C)C(=O)CCC(=O)OCCCCC(=O)CCCCCCC(=O)OCCOC(=O)CCCCCCC(=O)OCCCOC(=O)CCC(=O)C(C)(C)C. The van der Waals surface area contributed by atoms with Crippen LogP contribution in [-0.4, -0.2) is 80.2 Å². The van der Waals surface area contributed by atoms with Crippen molar-refractivity contribution in [1.29, 1.82) is 0 Å². The summed E-state index contributed by atoms with van der Waals surface area (Å²) in [5, 5.41) is 0. The van der Waals surface area contributed by atoms with Crippen LogP contribution in [0, 0.1) is 10.8 Å². The van der Waals surface area contributed by atoms with Gasteiger partial charge in [0.25, 0.3) is 0 Å². The average molecular weight is 769 g/mol. The van der Waals surface area contributed by atoms with Crippen LogP contribution in [0.3, 0.4) is 0 Å². The van der Waals surface area contributed by atoms with Gasteiger partial charge < -0.3 is 23.7 Å². The second-order valence-electron chi connectivity index (χ2n) is 15.6. The fourth-order valence-corrected chi connectivity index (χ4v) is 4.86. The van der Waals surface area contributed by atoms with E-state index >= 15 is 0 Å². The predicted octanol–water partition coefficient (Wildman–Crippen LogP) is 7.30. The summed E-state index contributed by atoms with van der Waals surface area (Å²) in [7, 11) is 0. The molecule has 0 aromatic carbocycles. The van der Waals surface area contributed by atoms with Crippen molar-refractivity contribution in [2.24, 2.45) is 10.8 Å². The molecule has 0 bridgehead atoms. The van der Waals surface area contributed by atoms with Gasteiger partial charge in [0.05, 0.1) is 32.7 Å². The lowest BCUT2D eigenvalue weighted by Gasteiger charge is -2.15. The van der Waals surface area contributed by atoms with E-state index < -0.39 is 22.8 Å². The third-order valence-electron chi connectivity index (χ3n) is 8.42. The standard InChI is InChI=1S/C41H68O13/c1-40(2,3)33(43)23-25-38(48)50-27-16-15-19-32(42)18-11-7-8-12-21-36(46)53-30-31-54-37(47)22-14-10-9-13-20-35(45)51-28-17-29-52-39(49)26-24-34(44)41(4,5)6/h7-31H2,1-6H3. The second kappa shape index (κ2) is 29.7. The van der Waals surface area contributed by atoms with Gasteiger partial charge in [-0.15, -0.1) is 0 Å². The molecule has 0 atom stereocenters. The van der Waals surface area contributed by atoms with E-state index in [9.17, 15) is 38.4 Å². The highest BCUT2D eigenvalue weighted by atomic mass is 16.6. The summed E-state index contributed by atoms with van der Waals surface area (Å²) >= 11 is 0. The van der Waals surface area contributed by atoms with Crippen molar-refractivity contribution in [3.05, 3.63) is 0 Å². The molecular formula is C41H68O13. The highest BCUT2D eigenvalue weighted by Gasteiger charge is 2.23. The Morgan fingerprint density at radius 1 is 0.296 bits per heavy atom. The van der Waals surface area contributed by atoms with Gasteiger partial charge >= 0.3 is 29.8 Å². The Labute approximate surface area is 322 Å². The quantitative estimate of drug-likeness (QED) is 0.0378. The summed E-state index contributed by atoms with van der Waals surface area (Å²) < 4.78 is 25.6. The van der Waals surface area contributed by atoms with Crippen molar-refractivity contribution in [3.8, 4) is 0 Å². The van der Waals surface area contributed by atoms with Crippen LogP contribution in [0.1, 0.15) is 170 Å². The molecule has 0 heterocycles. The zero-order valence-electron chi connectivity index (χ0n) is 34.0. The molecule has 0 spiro atoms. The van der Waals surface area contributed by atoms with Crippen LogP contribution >= 0.6 is 0 Å². The van der Waals surface area contributed by atoms with E-state index in [1.807, 2.05) is 20.8 Å². The largest absolute Gasteiger partial charge is 0.466 e. The van der Waals surface area contributed by atoms with Crippen molar-refractivity contribution in [1.82, 2.24) is 0 Å². The topological polar surface area (TPSA) is 183 Å². The summed E-state index contributed by atoms with van der Waals surface area (Å²) in [5.41, 5.74) is -0.952. The fourth-order valence-electron chi connectivity index (χ4n) is 4.86. The van der Waals surface area contributed by atoms with Gasteiger partial charge in [-0.1, -0.05) is 67.2 Å². The van der Waals surface area contributed by atoms with Crippen LogP contribution in [0.2, 0.25) is 0 Å². The van der Waals surface area contributed by atoms with Gasteiger partial charge in [-0.2, -0.15) is 0 Å². The van der Waals surface area contributed by atoms with E-state index in [2.05, 4.69) is 0 Å². The number of ether oxygens (including phenoxy) is 5. The Kier molecular flexibility index (Phi) is 27.7. The summed E-state index contributed by atoms with van der Waals surface area (Å²) in [4.78, 5) is 95.0. The molecule has 0 aliphatic heterocycles. The predicted molar refractivity (Wildman–Crippen MR) is 201 cm³/mol. The lowest BCUT2D eigenvalue weighted by molar-refractivity contribution is -0.152. The van der Waals surface area contributed by atoms with Crippen LogP contribution in [0.4, 0.5) is 0 Å². The van der Waals surface area contributed by atoms with Gasteiger partial charge in [0, 0.05) is 62.2 Å². The molecule has 0 aromatic rings. The van der Waals surface area contributed by atoms with E-state index in [0.29, 0.717) is 51.4 Å². The van der Waals surface area contributed by atoms with Crippen molar-refractivity contribution in [2.75, 3.05) is 33.0 Å². The molecule has 13 nitrogen and oxygen atoms in total. The average Bonchev–Trinajstić information content (AvgIpc) is 3.09. The van der Waals surface area contributed by atoms with E-state index in [-0.39, 0.29) is 113 Å². The molecule has 0 radical (unpaired) electrons. The van der Waals surface area contributed by atoms with E-state index in [1.165, 1.54) is 0 Å². The Hall–Kier alpha value is -3.64. The maximum Gasteiger partial charge on any atom is 0.306 e. The van der Waals surface area contributed by atoms with Crippen molar-refractivity contribution < 1.29 is 62.0 Å². The monoisotopic (exact) mass is 768 g/mol. The summed E-state index contributed by atoms with van der Waals surface area (Å²) in [6.07, 6.45) is 9.52. The number of carbonyl (C=O) groups is 8. The van der Waals surface area contributed by atoms with E-state index in [4.69, 9.17) is 23.7 Å². The molecule has 0 unspecified atom stereocenters. The van der Waals surface area contributed by atoms with Gasteiger partial charge in [-0.3, -0.25) is 38.4 Å². The Morgan fingerprint density at radius 2 is 0.574 bits per heavy atom. The van der Waals surface area contributed by atoms with E-state index in [1.54, 1.807) is 20.8 Å². The van der Waals surface area contributed by atoms with Gasteiger partial charge in [-0.25, -0.2) is 0 Å². The third kappa shape index (κ3) is 30.8. The summed E-state index contributed by atoms with van der Waals surface area (Å²) in [5.74, 6) is -1.70. The third-order valence-corrected chi connectivity index (χ3v) is 8.42. The van der Waals surface area contributed by atoms with Gasteiger partial charge in [0.15, 0.2) is 0 Å². The minimum absolute atomic E-state index is 0.00111. The lowest BCUT2D eigenvalue weighted by Crippen LogP contribution is -2.21. The molecule has 13 heteroatoms. The van der Waals surface area contributed by atoms with Crippen molar-refractivity contribution in [2.45, 2.75) is 170 Å². The van der Waals surface area contributed by atoms with Crippen LogP contribution < -0.4 is 0 Å². The molecule has 0 saturated heterocycles. The number of esters is 5. The minimum Gasteiger partial charge on any atom is -0.466 e. The Balaban J connectivity index is 3.59. The van der Waals surface area contributed by atoms with Gasteiger partial charge in [0.2, 0.25) is 0 Å². The molecule has 0 rings (SSSR count). The molecule has 0 aromatic heterocycles. The number of ketones is 3. The number of unbranched alkanes of at least 4 members (excludes halogenated alkanes) is 7. The molecule has 310 valence electrons. The number of rotatable bonds is 32. The first kappa shape index (κ1) is 50.4. The zero-order chi connectivity index (χ0) is 40.8. The fraction of sp³-hybridized carbons (Fsp3) is 0.805. The van der Waals surface area contributed by atoms with Crippen LogP contribution in [0.15, 0.2) is 0 Å². The molecule has 0 fully saturated rings. The minimum atomic E-state index is -0.485. The number of hydrogen-bond donors (Lipinski definition) is 0. The maximum atomic E-state index is 12.1. The van der Waals surface area contributed by atoms with Gasteiger partial charge in [-0.05, 0) is 38.5 Å². The summed E-state index contributed by atoms with van der Waals surface area (Å²) in [6.45, 7) is 11.4. The number of carbonyl (C=O) groups excluding carboxylic acids is 8. The first-order valence-corrected chi connectivity index (χ1v) is 19.8. The van der Waals surface area contributed by atoms with Crippen molar-refractivity contribution in [3.63, 3.8) is 0 Å².